The highest BCUT2D eigenvalue weighted by molar-refractivity contribution is 7.14. The molecule has 0 fully saturated rings. The molecule has 0 spiro atoms. The highest BCUT2D eigenvalue weighted by atomic mass is 32.1. The number of nitrogens with zero attached hydrogens (tertiary/aromatic N) is 5. The molecule has 0 bridgehead atoms. The zero-order valence-electron chi connectivity index (χ0n) is 16.2. The maximum absolute atomic E-state index is 5.26. The molecule has 3 aromatic rings. The first-order valence-corrected chi connectivity index (χ1v) is 10.1. The van der Waals surface area contributed by atoms with Gasteiger partial charge in [0.05, 0.1) is 11.4 Å². The molecule has 1 aliphatic rings. The van der Waals surface area contributed by atoms with E-state index in [9.17, 15) is 0 Å². The van der Waals surface area contributed by atoms with Crippen LogP contribution in [0.15, 0.2) is 33.1 Å². The van der Waals surface area contributed by atoms with Crippen LogP contribution >= 0.6 is 11.3 Å². The molecule has 0 aromatic carbocycles. The summed E-state index contributed by atoms with van der Waals surface area (Å²) in [6.07, 6.45) is 1.06. The maximum atomic E-state index is 5.26. The van der Waals surface area contributed by atoms with Gasteiger partial charge in [-0.05, 0) is 32.4 Å². The third kappa shape index (κ3) is 3.99. The number of hydrogen-bond donors (Lipinski definition) is 2. The minimum atomic E-state index is 0.687. The van der Waals surface area contributed by atoms with Gasteiger partial charge in [0.2, 0.25) is 0 Å². The quantitative estimate of drug-likeness (QED) is 0.683. The Labute approximate surface area is 167 Å². The number of pyridine rings is 1. The molecule has 1 aliphatic heterocycles. The molecule has 4 heterocycles. The number of hydrogen-bond acceptors (Lipinski definition) is 9. The molecule has 4 rings (SSSR count). The second-order valence-electron chi connectivity index (χ2n) is 6.71. The van der Waals surface area contributed by atoms with E-state index >= 15 is 0 Å². The van der Waals surface area contributed by atoms with E-state index < -0.39 is 0 Å². The molecular weight excluding hydrogens is 374 g/mol. The van der Waals surface area contributed by atoms with Gasteiger partial charge >= 0.3 is 0 Å². The van der Waals surface area contributed by atoms with Crippen LogP contribution in [-0.4, -0.2) is 41.2 Å². The molecule has 0 saturated heterocycles. The molecular formula is C19H23N7OS. The molecule has 0 unspecified atom stereocenters. The number of aromatic nitrogens is 3. The van der Waals surface area contributed by atoms with Crippen molar-refractivity contribution in [1.82, 2.24) is 20.4 Å². The highest BCUT2D eigenvalue weighted by Gasteiger charge is 2.14. The minimum Gasteiger partial charge on any atom is -0.361 e. The molecule has 0 radical (unpaired) electrons. The third-order valence-electron chi connectivity index (χ3n) is 4.59. The van der Waals surface area contributed by atoms with Gasteiger partial charge in [-0.1, -0.05) is 11.2 Å². The average molecular weight is 398 g/mol. The maximum Gasteiger partial charge on any atom is 0.197 e. The van der Waals surface area contributed by atoms with Gasteiger partial charge in [-0.15, -0.1) is 11.3 Å². The standard InChI is InChI=1S/C19H23N7OS/c1-12-14(13(2)27-25-12)10-26(3)17-7-4-6-15(22-17)16-11-28-19(23-16)24-18-20-8-5-9-21-18/h4,6-7,11H,5,8-10H2,1-3H3,(H2,20,21,23,24). The lowest BCUT2D eigenvalue weighted by atomic mass is 10.2. The zero-order chi connectivity index (χ0) is 19.5. The summed E-state index contributed by atoms with van der Waals surface area (Å²) in [5.41, 5.74) is 3.69. The lowest BCUT2D eigenvalue weighted by Gasteiger charge is -2.18. The highest BCUT2D eigenvalue weighted by Crippen LogP contribution is 2.26. The number of guanidine groups is 1. The Kier molecular flexibility index (Phi) is 5.25. The van der Waals surface area contributed by atoms with Crippen molar-refractivity contribution in [3.05, 3.63) is 40.6 Å². The monoisotopic (exact) mass is 397 g/mol. The average Bonchev–Trinajstić information content (AvgIpc) is 3.31. The molecule has 0 amide bonds. The molecule has 2 N–H and O–H groups in total. The number of anilines is 2. The van der Waals surface area contributed by atoms with E-state index in [4.69, 9.17) is 9.51 Å². The third-order valence-corrected chi connectivity index (χ3v) is 5.35. The Hall–Kier alpha value is -2.94. The molecule has 28 heavy (non-hydrogen) atoms. The van der Waals surface area contributed by atoms with Crippen molar-refractivity contribution in [2.24, 2.45) is 4.99 Å². The molecule has 146 valence electrons. The molecule has 3 aromatic heterocycles. The fourth-order valence-electron chi connectivity index (χ4n) is 2.99. The Balaban J connectivity index is 1.50. The summed E-state index contributed by atoms with van der Waals surface area (Å²) in [4.78, 5) is 16.0. The number of rotatable bonds is 5. The second-order valence-corrected chi connectivity index (χ2v) is 7.57. The van der Waals surface area contributed by atoms with Crippen molar-refractivity contribution < 1.29 is 4.52 Å². The Bertz CT molecular complexity index is 974. The van der Waals surface area contributed by atoms with Gasteiger partial charge in [-0.25, -0.2) is 9.97 Å². The summed E-state index contributed by atoms with van der Waals surface area (Å²) in [6, 6.07) is 5.97. The lowest BCUT2D eigenvalue weighted by Crippen LogP contribution is -2.35. The number of nitrogens with one attached hydrogen (secondary N) is 2. The number of aliphatic imine (C=N–C) groups is 1. The first kappa shape index (κ1) is 18.4. The summed E-state index contributed by atoms with van der Waals surface area (Å²) in [7, 11) is 2.01. The van der Waals surface area contributed by atoms with E-state index in [0.29, 0.717) is 6.54 Å². The predicted molar refractivity (Wildman–Crippen MR) is 112 cm³/mol. The van der Waals surface area contributed by atoms with Crippen molar-refractivity contribution in [3.63, 3.8) is 0 Å². The Morgan fingerprint density at radius 3 is 2.89 bits per heavy atom. The van der Waals surface area contributed by atoms with Crippen LogP contribution in [0.25, 0.3) is 11.4 Å². The van der Waals surface area contributed by atoms with E-state index in [1.807, 2.05) is 44.5 Å². The van der Waals surface area contributed by atoms with Crippen LogP contribution < -0.4 is 15.5 Å². The van der Waals surface area contributed by atoms with Gasteiger partial charge in [0, 0.05) is 37.6 Å². The van der Waals surface area contributed by atoms with Crippen LogP contribution in [0.3, 0.4) is 0 Å². The second kappa shape index (κ2) is 7.97. The topological polar surface area (TPSA) is 91.5 Å². The van der Waals surface area contributed by atoms with Gasteiger partial charge in [-0.3, -0.25) is 4.99 Å². The van der Waals surface area contributed by atoms with E-state index in [0.717, 1.165) is 64.8 Å². The van der Waals surface area contributed by atoms with Crippen LogP contribution in [0.1, 0.15) is 23.4 Å². The molecule has 8 nitrogen and oxygen atoms in total. The first-order chi connectivity index (χ1) is 13.6. The summed E-state index contributed by atoms with van der Waals surface area (Å²) < 4.78 is 5.26. The minimum absolute atomic E-state index is 0.687. The first-order valence-electron chi connectivity index (χ1n) is 9.21. The van der Waals surface area contributed by atoms with Gasteiger partial charge in [0.15, 0.2) is 11.1 Å². The van der Waals surface area contributed by atoms with E-state index in [2.05, 4.69) is 30.7 Å². The van der Waals surface area contributed by atoms with Crippen LogP contribution in [-0.2, 0) is 6.54 Å². The largest absolute Gasteiger partial charge is 0.361 e. The van der Waals surface area contributed by atoms with Crippen LogP contribution in [0.2, 0.25) is 0 Å². The fourth-order valence-corrected chi connectivity index (χ4v) is 3.69. The predicted octanol–water partition coefficient (Wildman–Crippen LogP) is 3.21. The van der Waals surface area contributed by atoms with E-state index in [-0.39, 0.29) is 0 Å². The number of aryl methyl sites for hydroxylation is 2. The van der Waals surface area contributed by atoms with Crippen LogP contribution in [0.5, 0.6) is 0 Å². The zero-order valence-corrected chi connectivity index (χ0v) is 17.0. The van der Waals surface area contributed by atoms with E-state index in [1.54, 1.807) is 11.3 Å². The molecule has 0 atom stereocenters. The van der Waals surface area contributed by atoms with Gasteiger partial charge < -0.3 is 20.1 Å². The normalized spacial score (nSPS) is 13.8. The fraction of sp³-hybridized carbons (Fsp3) is 0.368. The molecule has 0 aliphatic carbocycles. The summed E-state index contributed by atoms with van der Waals surface area (Å²) >= 11 is 1.54. The smallest absolute Gasteiger partial charge is 0.197 e. The summed E-state index contributed by atoms with van der Waals surface area (Å²) in [5.74, 6) is 2.50. The summed E-state index contributed by atoms with van der Waals surface area (Å²) in [6.45, 7) is 6.36. The summed E-state index contributed by atoms with van der Waals surface area (Å²) in [5, 5.41) is 13.3. The van der Waals surface area contributed by atoms with Gasteiger partial charge in [0.1, 0.15) is 17.3 Å². The SMILES string of the molecule is Cc1noc(C)c1CN(C)c1cccc(-c2csc(NC3=NCCCN3)n2)n1. The van der Waals surface area contributed by atoms with Crippen molar-refractivity contribution >= 4 is 28.2 Å². The van der Waals surface area contributed by atoms with Crippen molar-refractivity contribution in [2.75, 3.05) is 30.4 Å². The molecule has 9 heteroatoms. The van der Waals surface area contributed by atoms with Crippen molar-refractivity contribution in [3.8, 4) is 11.4 Å². The van der Waals surface area contributed by atoms with Gasteiger partial charge in [-0.2, -0.15) is 0 Å². The van der Waals surface area contributed by atoms with Crippen molar-refractivity contribution in [1.29, 1.82) is 0 Å². The van der Waals surface area contributed by atoms with E-state index in [1.165, 1.54) is 0 Å². The molecule has 0 saturated carbocycles. The van der Waals surface area contributed by atoms with Crippen LogP contribution in [0, 0.1) is 13.8 Å². The van der Waals surface area contributed by atoms with Crippen LogP contribution in [0.4, 0.5) is 10.9 Å². The Morgan fingerprint density at radius 1 is 1.25 bits per heavy atom. The van der Waals surface area contributed by atoms with Crippen molar-refractivity contribution in [2.45, 2.75) is 26.8 Å². The lowest BCUT2D eigenvalue weighted by molar-refractivity contribution is 0.392. The number of thiazole rings is 1. The Morgan fingerprint density at radius 2 is 2.14 bits per heavy atom. The van der Waals surface area contributed by atoms with Gasteiger partial charge in [0.25, 0.3) is 0 Å².